The first-order chi connectivity index (χ1) is 38.1. The van der Waals surface area contributed by atoms with Gasteiger partial charge >= 0.3 is 5.97 Å². The van der Waals surface area contributed by atoms with E-state index in [4.69, 9.17) is 5.73 Å². The number of nitrogens with one attached hydrogen (secondary N) is 7. The van der Waals surface area contributed by atoms with E-state index in [1.807, 2.05) is 71.9 Å². The minimum atomic E-state index is -1.73. The highest BCUT2D eigenvalue weighted by molar-refractivity contribution is 5.97. The number of aliphatic hydroxyl groups is 1. The Kier molecular flexibility index (Phi) is 24.6. The number of aromatic nitrogens is 2. The first-order valence-corrected chi connectivity index (χ1v) is 26.6. The first kappa shape index (κ1) is 65.4. The molecule has 0 bridgehead atoms. The summed E-state index contributed by atoms with van der Waals surface area (Å²) < 4.78 is 31.9. The smallest absolute Gasteiger partial charge is 0.303 e. The quantitative estimate of drug-likeness (QED) is 0.0324. The molecular weight excluding hydrogens is 1050 g/mol. The van der Waals surface area contributed by atoms with E-state index in [1.165, 1.54) is 31.1 Å². The molecule has 1 unspecified atom stereocenters. The molecular formula is C57H77F2N11O11. The Labute approximate surface area is 470 Å². The number of carbonyl (C=O) groups is 9. The van der Waals surface area contributed by atoms with E-state index in [-0.39, 0.29) is 75.5 Å². The van der Waals surface area contributed by atoms with Crippen molar-refractivity contribution in [3.05, 3.63) is 114 Å². The number of carboxylic acid groups (broad SMARTS) is 1. The van der Waals surface area contributed by atoms with Crippen molar-refractivity contribution < 1.29 is 62.1 Å². The van der Waals surface area contributed by atoms with Crippen molar-refractivity contribution in [1.82, 2.24) is 51.7 Å². The molecule has 0 saturated carbocycles. The van der Waals surface area contributed by atoms with E-state index in [0.29, 0.717) is 11.3 Å². The van der Waals surface area contributed by atoms with Crippen LogP contribution in [0.1, 0.15) is 104 Å². The maximum atomic E-state index is 15.4. The lowest BCUT2D eigenvalue weighted by atomic mass is 9.82. The predicted molar refractivity (Wildman–Crippen MR) is 296 cm³/mol. The van der Waals surface area contributed by atoms with Gasteiger partial charge in [-0.15, -0.1) is 0 Å². The third-order valence-electron chi connectivity index (χ3n) is 13.7. The molecule has 2 heterocycles. The van der Waals surface area contributed by atoms with Gasteiger partial charge in [-0.1, -0.05) is 65.0 Å². The van der Waals surface area contributed by atoms with Gasteiger partial charge in [-0.3, -0.25) is 48.1 Å². The molecule has 24 heteroatoms. The second-order valence-corrected chi connectivity index (χ2v) is 21.5. The SMILES string of the molecule is CC(C)C(C)(CCC(=O)O)NCC(=O)NCCNC(=O)[C@H](CCN(C(=O)CO)[C@@H](c1cc(-c2cc(F)ccc2F)cn1Cc1ccccc1)C(C)(C)C)NC(=O)[C@H](CC(N)=O)NC(=O)[C@H](C)NC(=O)[C@H](C)NC(=O)Cc1ccncc1. The summed E-state index contributed by atoms with van der Waals surface area (Å²) in [5, 5.41) is 38.2. The molecule has 0 spiro atoms. The Morgan fingerprint density at radius 3 is 1.99 bits per heavy atom. The maximum Gasteiger partial charge on any atom is 0.303 e. The van der Waals surface area contributed by atoms with E-state index < -0.39 is 119 Å². The normalized spacial score (nSPS) is 14.0. The summed E-state index contributed by atoms with van der Waals surface area (Å²) >= 11 is 0. The lowest BCUT2D eigenvalue weighted by Crippen LogP contribution is -2.58. The Balaban J connectivity index is 1.64. The number of carbonyl (C=O) groups excluding carboxylic acids is 8. The van der Waals surface area contributed by atoms with Crippen molar-refractivity contribution in [3.63, 3.8) is 0 Å². The molecule has 0 aliphatic rings. The molecule has 4 rings (SSSR count). The Morgan fingerprint density at radius 2 is 1.37 bits per heavy atom. The fourth-order valence-corrected chi connectivity index (χ4v) is 8.87. The van der Waals surface area contributed by atoms with Crippen LogP contribution >= 0.6 is 0 Å². The predicted octanol–water partition coefficient (Wildman–Crippen LogP) is 2.37. The molecule has 2 aromatic carbocycles. The fraction of sp³-hybridized carbons (Fsp3) is 0.474. The third-order valence-corrected chi connectivity index (χ3v) is 13.7. The molecule has 0 radical (unpaired) electrons. The minimum Gasteiger partial charge on any atom is -0.481 e. The summed E-state index contributed by atoms with van der Waals surface area (Å²) in [4.78, 5) is 124. The highest BCUT2D eigenvalue weighted by Gasteiger charge is 2.39. The van der Waals surface area contributed by atoms with Gasteiger partial charge in [-0.05, 0) is 92.5 Å². The van der Waals surface area contributed by atoms with Crippen LogP contribution in [0.4, 0.5) is 8.78 Å². The van der Waals surface area contributed by atoms with Crippen LogP contribution in [0.5, 0.6) is 0 Å². The summed E-state index contributed by atoms with van der Waals surface area (Å²) in [5.74, 6) is -8.88. The van der Waals surface area contributed by atoms with Gasteiger partial charge in [0.2, 0.25) is 47.3 Å². The van der Waals surface area contributed by atoms with Crippen LogP contribution in [-0.4, -0.2) is 140 Å². The molecule has 0 saturated heterocycles. The van der Waals surface area contributed by atoms with Gasteiger partial charge in [0.15, 0.2) is 0 Å². The zero-order chi connectivity index (χ0) is 60.2. The monoisotopic (exact) mass is 1130 g/mol. The molecule has 0 aliphatic heterocycles. The summed E-state index contributed by atoms with van der Waals surface area (Å²) in [6.45, 7) is 12.0. The van der Waals surface area contributed by atoms with Crippen LogP contribution in [-0.2, 0) is 56.1 Å². The van der Waals surface area contributed by atoms with Crippen molar-refractivity contribution in [2.24, 2.45) is 17.1 Å². The van der Waals surface area contributed by atoms with Crippen LogP contribution < -0.4 is 43.0 Å². The largest absolute Gasteiger partial charge is 0.481 e. The Hall–Kier alpha value is -8.12. The average Bonchev–Trinajstić information content (AvgIpc) is 3.93. The number of hydrogen-bond donors (Lipinski definition) is 10. The lowest BCUT2D eigenvalue weighted by molar-refractivity contribution is -0.140. The molecule has 2 aromatic heterocycles. The zero-order valence-corrected chi connectivity index (χ0v) is 47.1. The van der Waals surface area contributed by atoms with Gasteiger partial charge in [0.05, 0.1) is 25.4 Å². The van der Waals surface area contributed by atoms with Crippen molar-refractivity contribution in [2.75, 3.05) is 32.8 Å². The molecule has 8 amide bonds. The number of benzene rings is 2. The van der Waals surface area contributed by atoms with Crippen LogP contribution in [0, 0.1) is 23.0 Å². The van der Waals surface area contributed by atoms with Crippen LogP contribution in [0.3, 0.4) is 0 Å². The molecule has 4 aromatic rings. The number of hydrogen-bond acceptors (Lipinski definition) is 12. The van der Waals surface area contributed by atoms with Gasteiger partial charge in [0, 0.05) is 73.6 Å². The zero-order valence-electron chi connectivity index (χ0n) is 47.1. The van der Waals surface area contributed by atoms with Crippen molar-refractivity contribution in [2.45, 2.75) is 130 Å². The van der Waals surface area contributed by atoms with Gasteiger partial charge in [0.25, 0.3) is 0 Å². The van der Waals surface area contributed by atoms with Gasteiger partial charge < -0.3 is 62.6 Å². The standard InChI is InChI=1S/C57H77F2N11O11/c1-34(2)57(8,20-16-50(76)77)64-30-48(74)62-23-24-63-54(80)43(67-55(81)44(29-46(60)72)68-53(79)36(4)66-52(78)35(3)65-47(73)26-37-17-21-61-22-18-37)19-25-70(49(75)33-71)51(56(5,6)7)45-27-39(41-28-40(58)14-15-42(41)59)32-69(45)31-38-12-10-9-11-13-38/h9-15,17-18,21-22,27-28,32,34-36,43-44,51,64,71H,16,19-20,23-26,29-31,33H2,1-8H3,(H2,60,72)(H,62,74)(H,63,80)(H,65,73)(H,66,78)(H,67,81)(H,68,79)(H,76,77)/t35-,36-,43-,44-,51-,57?/m0/s1. The Morgan fingerprint density at radius 1 is 0.741 bits per heavy atom. The van der Waals surface area contributed by atoms with Crippen LogP contribution in [0.15, 0.2) is 85.3 Å². The molecule has 0 aliphatic carbocycles. The summed E-state index contributed by atoms with van der Waals surface area (Å²) in [6, 6.07) is 10.4. The number of halogens is 2. The summed E-state index contributed by atoms with van der Waals surface area (Å²) in [7, 11) is 0. The number of primary amides is 1. The fourth-order valence-electron chi connectivity index (χ4n) is 8.87. The number of amides is 8. The molecule has 0 fully saturated rings. The van der Waals surface area contributed by atoms with Crippen molar-refractivity contribution in [3.8, 4) is 11.1 Å². The van der Waals surface area contributed by atoms with Gasteiger partial charge in [-0.25, -0.2) is 8.78 Å². The highest BCUT2D eigenvalue weighted by atomic mass is 19.1. The summed E-state index contributed by atoms with van der Waals surface area (Å²) in [6.07, 6.45) is 3.55. The first-order valence-electron chi connectivity index (χ1n) is 26.6. The number of aliphatic carboxylic acids is 1. The molecule has 440 valence electrons. The summed E-state index contributed by atoms with van der Waals surface area (Å²) in [5.41, 5.74) is 6.07. The van der Waals surface area contributed by atoms with Crippen molar-refractivity contribution >= 4 is 53.2 Å². The van der Waals surface area contributed by atoms with Crippen LogP contribution in [0.25, 0.3) is 11.1 Å². The topological polar surface area (TPSA) is 325 Å². The van der Waals surface area contributed by atoms with Gasteiger partial charge in [0.1, 0.15) is 42.4 Å². The second-order valence-electron chi connectivity index (χ2n) is 21.5. The molecule has 22 nitrogen and oxygen atoms in total. The van der Waals surface area contributed by atoms with E-state index in [1.54, 1.807) is 29.0 Å². The number of nitrogens with two attached hydrogens (primary N) is 1. The average molecular weight is 1130 g/mol. The Bertz CT molecular complexity index is 2830. The van der Waals surface area contributed by atoms with E-state index in [9.17, 15) is 57.8 Å². The number of carboxylic acids is 1. The van der Waals surface area contributed by atoms with E-state index >= 15 is 4.39 Å². The number of nitrogens with zero attached hydrogens (tertiary/aromatic N) is 3. The van der Waals surface area contributed by atoms with E-state index in [2.05, 4.69) is 42.2 Å². The lowest BCUT2D eigenvalue weighted by Gasteiger charge is -2.41. The minimum absolute atomic E-state index is 0.0426. The number of rotatable bonds is 31. The maximum absolute atomic E-state index is 15.4. The van der Waals surface area contributed by atoms with E-state index in [0.717, 1.165) is 23.8 Å². The molecule has 6 atom stereocenters. The number of aliphatic hydroxyl groups excluding tert-OH is 1. The molecule has 81 heavy (non-hydrogen) atoms. The van der Waals surface area contributed by atoms with Crippen LogP contribution in [0.2, 0.25) is 0 Å². The molecule has 11 N–H and O–H groups in total. The van der Waals surface area contributed by atoms with Gasteiger partial charge in [-0.2, -0.15) is 0 Å². The number of pyridine rings is 1. The highest BCUT2D eigenvalue weighted by Crippen LogP contribution is 2.41. The second kappa shape index (κ2) is 30.5. The van der Waals surface area contributed by atoms with Crippen molar-refractivity contribution in [1.29, 1.82) is 0 Å². The third kappa shape index (κ3) is 20.5.